The molecule has 0 heterocycles. The van der Waals surface area contributed by atoms with Crippen molar-refractivity contribution in [2.75, 3.05) is 13.7 Å². The third-order valence-electron chi connectivity index (χ3n) is 3.03. The van der Waals surface area contributed by atoms with Crippen molar-refractivity contribution in [3.05, 3.63) is 24.3 Å². The molecule has 0 saturated carbocycles. The minimum Gasteiger partial charge on any atom is -0.497 e. The molecule has 0 amide bonds. The van der Waals surface area contributed by atoms with Gasteiger partial charge in [0.2, 0.25) is 0 Å². The van der Waals surface area contributed by atoms with Gasteiger partial charge in [0.05, 0.1) is 25.2 Å². The predicted molar refractivity (Wildman–Crippen MR) is 67.1 cm³/mol. The standard InChI is InChI=1S/C14H19NO2/c1-4-14(2,11-15)9-10-17-13-7-5-12(16-3)6-8-13/h5-8H,4,9-10H2,1-3H3. The molecule has 0 N–H and O–H groups in total. The van der Waals surface area contributed by atoms with Gasteiger partial charge in [-0.15, -0.1) is 0 Å². The maximum atomic E-state index is 9.03. The Labute approximate surface area is 103 Å². The second-order valence-electron chi connectivity index (χ2n) is 4.30. The maximum absolute atomic E-state index is 9.03. The van der Waals surface area contributed by atoms with E-state index in [1.807, 2.05) is 38.1 Å². The highest BCUT2D eigenvalue weighted by Crippen LogP contribution is 2.25. The van der Waals surface area contributed by atoms with Crippen LogP contribution in [0.15, 0.2) is 24.3 Å². The van der Waals surface area contributed by atoms with Crippen LogP contribution in [0.4, 0.5) is 0 Å². The fourth-order valence-electron chi connectivity index (χ4n) is 1.38. The Morgan fingerprint density at radius 2 is 1.82 bits per heavy atom. The molecule has 0 spiro atoms. The summed E-state index contributed by atoms with van der Waals surface area (Å²) in [7, 11) is 1.63. The highest BCUT2D eigenvalue weighted by atomic mass is 16.5. The summed E-state index contributed by atoms with van der Waals surface area (Å²) >= 11 is 0. The monoisotopic (exact) mass is 233 g/mol. The maximum Gasteiger partial charge on any atom is 0.119 e. The van der Waals surface area contributed by atoms with Crippen LogP contribution in [0, 0.1) is 16.7 Å². The number of rotatable bonds is 6. The first kappa shape index (κ1) is 13.4. The van der Waals surface area contributed by atoms with Gasteiger partial charge in [-0.2, -0.15) is 5.26 Å². The Morgan fingerprint density at radius 1 is 1.24 bits per heavy atom. The molecule has 0 aliphatic rings. The molecule has 1 rings (SSSR count). The molecular weight excluding hydrogens is 214 g/mol. The lowest BCUT2D eigenvalue weighted by Gasteiger charge is -2.19. The van der Waals surface area contributed by atoms with Gasteiger partial charge in [-0.3, -0.25) is 0 Å². The van der Waals surface area contributed by atoms with Crippen LogP contribution in [0.2, 0.25) is 0 Å². The lowest BCUT2D eigenvalue weighted by Crippen LogP contribution is -2.16. The van der Waals surface area contributed by atoms with Gasteiger partial charge in [0, 0.05) is 0 Å². The van der Waals surface area contributed by atoms with Gasteiger partial charge in [0.25, 0.3) is 0 Å². The number of nitriles is 1. The van der Waals surface area contributed by atoms with Crippen molar-refractivity contribution in [3.8, 4) is 17.6 Å². The zero-order valence-electron chi connectivity index (χ0n) is 10.7. The summed E-state index contributed by atoms with van der Waals surface area (Å²) in [6.45, 7) is 4.55. The summed E-state index contributed by atoms with van der Waals surface area (Å²) in [5, 5.41) is 9.03. The average molecular weight is 233 g/mol. The Morgan fingerprint density at radius 3 is 2.29 bits per heavy atom. The quantitative estimate of drug-likeness (QED) is 0.756. The van der Waals surface area contributed by atoms with Crippen LogP contribution in [0.1, 0.15) is 26.7 Å². The molecule has 1 aromatic carbocycles. The van der Waals surface area contributed by atoms with E-state index in [2.05, 4.69) is 6.07 Å². The van der Waals surface area contributed by atoms with Gasteiger partial charge in [-0.25, -0.2) is 0 Å². The van der Waals surface area contributed by atoms with Crippen molar-refractivity contribution in [2.24, 2.45) is 5.41 Å². The Bertz CT molecular complexity index is 380. The number of ether oxygens (including phenoxy) is 2. The highest BCUT2D eigenvalue weighted by Gasteiger charge is 2.20. The van der Waals surface area contributed by atoms with E-state index in [0.717, 1.165) is 24.3 Å². The van der Waals surface area contributed by atoms with Gasteiger partial charge in [-0.1, -0.05) is 6.92 Å². The van der Waals surface area contributed by atoms with E-state index >= 15 is 0 Å². The van der Waals surface area contributed by atoms with Crippen molar-refractivity contribution in [1.29, 1.82) is 5.26 Å². The molecule has 1 unspecified atom stereocenters. The highest BCUT2D eigenvalue weighted by molar-refractivity contribution is 5.31. The SMILES string of the molecule is CCC(C)(C#N)CCOc1ccc(OC)cc1. The third-order valence-corrected chi connectivity index (χ3v) is 3.03. The lowest BCUT2D eigenvalue weighted by molar-refractivity contribution is 0.249. The van der Waals surface area contributed by atoms with E-state index in [9.17, 15) is 0 Å². The van der Waals surface area contributed by atoms with E-state index < -0.39 is 0 Å². The van der Waals surface area contributed by atoms with Crippen molar-refractivity contribution in [3.63, 3.8) is 0 Å². The summed E-state index contributed by atoms with van der Waals surface area (Å²) in [6.07, 6.45) is 1.58. The molecule has 92 valence electrons. The van der Waals surface area contributed by atoms with Crippen LogP contribution in [0.3, 0.4) is 0 Å². The van der Waals surface area contributed by atoms with E-state index in [1.54, 1.807) is 7.11 Å². The molecule has 0 saturated heterocycles. The number of methoxy groups -OCH3 is 1. The Hall–Kier alpha value is -1.69. The van der Waals surface area contributed by atoms with Gasteiger partial charge in [0.1, 0.15) is 11.5 Å². The van der Waals surface area contributed by atoms with Gasteiger partial charge in [0.15, 0.2) is 0 Å². The topological polar surface area (TPSA) is 42.2 Å². The number of nitrogens with zero attached hydrogens (tertiary/aromatic N) is 1. The molecule has 0 radical (unpaired) electrons. The van der Waals surface area contributed by atoms with E-state index in [4.69, 9.17) is 14.7 Å². The van der Waals surface area contributed by atoms with Crippen molar-refractivity contribution >= 4 is 0 Å². The summed E-state index contributed by atoms with van der Waals surface area (Å²) in [5.41, 5.74) is -0.285. The van der Waals surface area contributed by atoms with Gasteiger partial charge in [-0.05, 0) is 44.0 Å². The fourth-order valence-corrected chi connectivity index (χ4v) is 1.38. The largest absolute Gasteiger partial charge is 0.497 e. The molecule has 0 aliphatic carbocycles. The van der Waals surface area contributed by atoms with Gasteiger partial charge >= 0.3 is 0 Å². The zero-order valence-corrected chi connectivity index (χ0v) is 10.7. The predicted octanol–water partition coefficient (Wildman–Crippen LogP) is 3.40. The van der Waals surface area contributed by atoms with Crippen LogP contribution >= 0.6 is 0 Å². The minimum atomic E-state index is -0.285. The average Bonchev–Trinajstić information content (AvgIpc) is 2.39. The van der Waals surface area contributed by atoms with Crippen molar-refractivity contribution in [1.82, 2.24) is 0 Å². The van der Waals surface area contributed by atoms with Crippen molar-refractivity contribution < 1.29 is 9.47 Å². The summed E-state index contributed by atoms with van der Waals surface area (Å²) in [5.74, 6) is 1.62. The van der Waals surface area contributed by atoms with Crippen LogP contribution in [0.5, 0.6) is 11.5 Å². The molecule has 0 aromatic heterocycles. The third kappa shape index (κ3) is 3.99. The molecule has 0 fully saturated rings. The second-order valence-corrected chi connectivity index (χ2v) is 4.30. The van der Waals surface area contributed by atoms with Crippen molar-refractivity contribution in [2.45, 2.75) is 26.7 Å². The van der Waals surface area contributed by atoms with Crippen LogP contribution in [-0.4, -0.2) is 13.7 Å². The molecule has 3 heteroatoms. The summed E-state index contributed by atoms with van der Waals surface area (Å²) in [6, 6.07) is 9.79. The molecule has 0 bridgehead atoms. The first-order chi connectivity index (χ1) is 8.13. The lowest BCUT2D eigenvalue weighted by atomic mass is 9.86. The second kappa shape index (κ2) is 6.15. The molecule has 0 aliphatic heterocycles. The Kier molecular flexibility index (Phi) is 4.84. The fraction of sp³-hybridized carbons (Fsp3) is 0.500. The number of benzene rings is 1. The van der Waals surface area contributed by atoms with Gasteiger partial charge < -0.3 is 9.47 Å². The minimum absolute atomic E-state index is 0.285. The summed E-state index contributed by atoms with van der Waals surface area (Å²) in [4.78, 5) is 0. The van der Waals surface area contributed by atoms with Crippen LogP contribution in [-0.2, 0) is 0 Å². The molecule has 3 nitrogen and oxygen atoms in total. The van der Waals surface area contributed by atoms with E-state index in [-0.39, 0.29) is 5.41 Å². The first-order valence-electron chi connectivity index (χ1n) is 5.81. The van der Waals surface area contributed by atoms with Crippen LogP contribution < -0.4 is 9.47 Å². The number of hydrogen-bond acceptors (Lipinski definition) is 3. The Balaban J connectivity index is 2.43. The zero-order chi connectivity index (χ0) is 12.7. The number of hydrogen-bond donors (Lipinski definition) is 0. The summed E-state index contributed by atoms with van der Waals surface area (Å²) < 4.78 is 10.7. The molecule has 17 heavy (non-hydrogen) atoms. The van der Waals surface area contributed by atoms with Crippen LogP contribution in [0.25, 0.3) is 0 Å². The van der Waals surface area contributed by atoms with E-state index in [0.29, 0.717) is 6.61 Å². The first-order valence-corrected chi connectivity index (χ1v) is 5.81. The van der Waals surface area contributed by atoms with E-state index in [1.165, 1.54) is 0 Å². The molecular formula is C14H19NO2. The molecule has 1 atom stereocenters. The normalized spacial score (nSPS) is 13.5. The molecule has 1 aromatic rings. The smallest absolute Gasteiger partial charge is 0.119 e.